The van der Waals surface area contributed by atoms with Crippen LogP contribution in [0.15, 0.2) is 54.0 Å². The SMILES string of the molecule is CC1(C)OB(C(=Cc2ccc3c(c2)CNC3=O)CNC(=O)OCc2ccccc2)OC1(C)C. The Labute approximate surface area is 194 Å². The highest BCUT2D eigenvalue weighted by Crippen LogP contribution is 2.38. The van der Waals surface area contributed by atoms with Gasteiger partial charge in [-0.25, -0.2) is 4.79 Å². The third kappa shape index (κ3) is 5.12. The molecule has 2 aliphatic heterocycles. The van der Waals surface area contributed by atoms with E-state index in [1.165, 1.54) is 0 Å². The fourth-order valence-electron chi connectivity index (χ4n) is 3.70. The van der Waals surface area contributed by atoms with Gasteiger partial charge in [-0.05, 0) is 62.0 Å². The number of rotatable bonds is 6. The molecule has 0 atom stereocenters. The number of hydrogen-bond donors (Lipinski definition) is 2. The molecule has 2 heterocycles. The molecule has 1 saturated heterocycles. The van der Waals surface area contributed by atoms with Gasteiger partial charge < -0.3 is 24.7 Å². The van der Waals surface area contributed by atoms with Crippen molar-refractivity contribution < 1.29 is 23.6 Å². The number of nitrogens with one attached hydrogen (secondary N) is 2. The smallest absolute Gasteiger partial charge is 0.445 e. The highest BCUT2D eigenvalue weighted by molar-refractivity contribution is 6.56. The lowest BCUT2D eigenvalue weighted by Gasteiger charge is -2.32. The van der Waals surface area contributed by atoms with Gasteiger partial charge in [0.25, 0.3) is 5.91 Å². The van der Waals surface area contributed by atoms with Gasteiger partial charge in [-0.15, -0.1) is 0 Å². The molecule has 0 unspecified atom stereocenters. The van der Waals surface area contributed by atoms with E-state index in [0.717, 1.165) is 22.2 Å². The molecule has 0 aliphatic carbocycles. The zero-order valence-corrected chi connectivity index (χ0v) is 19.4. The molecule has 1 fully saturated rings. The van der Waals surface area contributed by atoms with Crippen LogP contribution in [0.25, 0.3) is 6.08 Å². The van der Waals surface area contributed by atoms with Crippen LogP contribution in [-0.2, 0) is 27.2 Å². The molecular formula is C25H29BN2O5. The molecule has 0 aromatic heterocycles. The summed E-state index contributed by atoms with van der Waals surface area (Å²) in [5, 5.41) is 5.64. The quantitative estimate of drug-likeness (QED) is 0.656. The van der Waals surface area contributed by atoms with Gasteiger partial charge in [0.1, 0.15) is 6.61 Å². The van der Waals surface area contributed by atoms with Crippen LogP contribution >= 0.6 is 0 Å². The van der Waals surface area contributed by atoms with E-state index in [1.54, 1.807) is 0 Å². The number of benzene rings is 2. The normalized spacial score (nSPS) is 18.6. The Morgan fingerprint density at radius 3 is 2.52 bits per heavy atom. The third-order valence-corrected chi connectivity index (χ3v) is 6.37. The first-order valence-corrected chi connectivity index (χ1v) is 11.1. The first-order valence-electron chi connectivity index (χ1n) is 11.1. The minimum Gasteiger partial charge on any atom is -0.445 e. The zero-order valence-electron chi connectivity index (χ0n) is 19.4. The van der Waals surface area contributed by atoms with Crippen molar-refractivity contribution in [1.82, 2.24) is 10.6 Å². The molecule has 172 valence electrons. The Balaban J connectivity index is 1.50. The monoisotopic (exact) mass is 448 g/mol. The Hall–Kier alpha value is -3.10. The molecule has 4 rings (SSSR count). The average Bonchev–Trinajstić information content (AvgIpc) is 3.25. The molecule has 2 amide bonds. The van der Waals surface area contributed by atoms with Gasteiger partial charge in [0.15, 0.2) is 0 Å². The van der Waals surface area contributed by atoms with Crippen molar-refractivity contribution in [2.24, 2.45) is 0 Å². The van der Waals surface area contributed by atoms with Crippen molar-refractivity contribution in [1.29, 1.82) is 0 Å². The average molecular weight is 448 g/mol. The zero-order chi connectivity index (χ0) is 23.6. The van der Waals surface area contributed by atoms with Crippen LogP contribution in [0.3, 0.4) is 0 Å². The predicted molar refractivity (Wildman–Crippen MR) is 126 cm³/mol. The molecule has 2 N–H and O–H groups in total. The lowest BCUT2D eigenvalue weighted by atomic mass is 9.77. The first kappa shape index (κ1) is 23.1. The minimum atomic E-state index is -0.627. The Morgan fingerprint density at radius 1 is 1.12 bits per heavy atom. The van der Waals surface area contributed by atoms with Crippen LogP contribution in [0.2, 0.25) is 0 Å². The second-order valence-electron chi connectivity index (χ2n) is 9.32. The lowest BCUT2D eigenvalue weighted by molar-refractivity contribution is 0.00578. The van der Waals surface area contributed by atoms with Crippen molar-refractivity contribution in [3.63, 3.8) is 0 Å². The first-order chi connectivity index (χ1) is 15.6. The van der Waals surface area contributed by atoms with Crippen molar-refractivity contribution in [3.8, 4) is 0 Å². The topological polar surface area (TPSA) is 85.9 Å². The number of alkyl carbamates (subject to hydrolysis) is 1. The number of hydrogen-bond acceptors (Lipinski definition) is 5. The van der Waals surface area contributed by atoms with Gasteiger partial charge in [-0.2, -0.15) is 0 Å². The van der Waals surface area contributed by atoms with Crippen LogP contribution in [0, 0.1) is 0 Å². The molecular weight excluding hydrogens is 419 g/mol. The molecule has 0 spiro atoms. The Bertz CT molecular complexity index is 1070. The lowest BCUT2D eigenvalue weighted by Crippen LogP contribution is -2.41. The summed E-state index contributed by atoms with van der Waals surface area (Å²) >= 11 is 0. The highest BCUT2D eigenvalue weighted by Gasteiger charge is 2.52. The number of carbonyl (C=O) groups excluding carboxylic acids is 2. The van der Waals surface area contributed by atoms with Gasteiger partial charge in [-0.3, -0.25) is 4.79 Å². The van der Waals surface area contributed by atoms with Crippen molar-refractivity contribution >= 4 is 25.2 Å². The van der Waals surface area contributed by atoms with E-state index in [-0.39, 0.29) is 19.1 Å². The standard InChI is InChI=1S/C25H29BN2O5/c1-24(2)25(3,4)33-26(32-24)20(13-18-10-11-21-19(12-18)14-27-22(21)29)15-28-23(30)31-16-17-8-6-5-7-9-17/h5-13H,14-16H2,1-4H3,(H,27,29)(H,28,30). The summed E-state index contributed by atoms with van der Waals surface area (Å²) in [5.41, 5.74) is 3.16. The summed E-state index contributed by atoms with van der Waals surface area (Å²) in [6.45, 7) is 8.83. The van der Waals surface area contributed by atoms with Gasteiger partial charge >= 0.3 is 13.2 Å². The van der Waals surface area contributed by atoms with Gasteiger partial charge in [0.05, 0.1) is 11.2 Å². The summed E-state index contributed by atoms with van der Waals surface area (Å²) < 4.78 is 17.8. The van der Waals surface area contributed by atoms with E-state index < -0.39 is 24.4 Å². The maximum absolute atomic E-state index is 12.3. The molecule has 2 aliphatic rings. The van der Waals surface area contributed by atoms with E-state index in [4.69, 9.17) is 14.0 Å². The second kappa shape index (κ2) is 9.04. The van der Waals surface area contributed by atoms with Crippen LogP contribution < -0.4 is 10.6 Å². The Kier molecular flexibility index (Phi) is 6.32. The number of ether oxygens (including phenoxy) is 1. The van der Waals surface area contributed by atoms with Gasteiger partial charge in [-0.1, -0.05) is 42.5 Å². The number of fused-ring (bicyclic) bond motifs is 1. The summed E-state index contributed by atoms with van der Waals surface area (Å²) in [7, 11) is -0.627. The van der Waals surface area contributed by atoms with Crippen LogP contribution in [0.5, 0.6) is 0 Å². The predicted octanol–water partition coefficient (Wildman–Crippen LogP) is 3.87. The van der Waals surface area contributed by atoms with Gasteiger partial charge in [0.2, 0.25) is 0 Å². The van der Waals surface area contributed by atoms with Crippen molar-refractivity contribution in [3.05, 3.63) is 76.3 Å². The summed E-state index contributed by atoms with van der Waals surface area (Å²) in [4.78, 5) is 24.2. The molecule has 7 nitrogen and oxygen atoms in total. The fourth-order valence-corrected chi connectivity index (χ4v) is 3.70. The summed E-state index contributed by atoms with van der Waals surface area (Å²) in [6, 6.07) is 15.2. The maximum atomic E-state index is 12.3. The third-order valence-electron chi connectivity index (χ3n) is 6.37. The fraction of sp³-hybridized carbons (Fsp3) is 0.360. The highest BCUT2D eigenvalue weighted by atomic mass is 16.7. The molecule has 2 aromatic carbocycles. The van der Waals surface area contributed by atoms with E-state index in [2.05, 4.69) is 10.6 Å². The van der Waals surface area contributed by atoms with E-state index in [1.807, 2.05) is 82.3 Å². The van der Waals surface area contributed by atoms with Crippen LogP contribution in [0.1, 0.15) is 54.7 Å². The number of carbonyl (C=O) groups is 2. The van der Waals surface area contributed by atoms with E-state index in [0.29, 0.717) is 12.1 Å². The largest absolute Gasteiger partial charge is 0.492 e. The summed E-state index contributed by atoms with van der Waals surface area (Å²) in [6.07, 6.45) is 1.41. The summed E-state index contributed by atoms with van der Waals surface area (Å²) in [5.74, 6) is -0.0606. The number of amides is 2. The second-order valence-corrected chi connectivity index (χ2v) is 9.32. The van der Waals surface area contributed by atoms with E-state index >= 15 is 0 Å². The van der Waals surface area contributed by atoms with Gasteiger partial charge in [0, 0.05) is 18.7 Å². The minimum absolute atomic E-state index is 0.0606. The van der Waals surface area contributed by atoms with Crippen molar-refractivity contribution in [2.75, 3.05) is 6.54 Å². The molecule has 0 bridgehead atoms. The van der Waals surface area contributed by atoms with Crippen molar-refractivity contribution in [2.45, 2.75) is 52.0 Å². The molecule has 0 saturated carbocycles. The van der Waals surface area contributed by atoms with Crippen LogP contribution in [0.4, 0.5) is 4.79 Å². The van der Waals surface area contributed by atoms with E-state index in [9.17, 15) is 9.59 Å². The maximum Gasteiger partial charge on any atom is 0.492 e. The molecule has 0 radical (unpaired) electrons. The molecule has 8 heteroatoms. The molecule has 33 heavy (non-hydrogen) atoms. The Morgan fingerprint density at radius 2 is 1.82 bits per heavy atom. The van der Waals surface area contributed by atoms with Crippen LogP contribution in [-0.4, -0.2) is 36.9 Å². The molecule has 2 aromatic rings.